The van der Waals surface area contributed by atoms with Crippen LogP contribution in [0.15, 0.2) is 16.7 Å². The van der Waals surface area contributed by atoms with Crippen molar-refractivity contribution in [2.75, 3.05) is 25.1 Å². The molecule has 3 heterocycles. The van der Waals surface area contributed by atoms with Crippen LogP contribution in [0.25, 0.3) is 5.52 Å². The van der Waals surface area contributed by atoms with E-state index in [9.17, 15) is 0 Å². The van der Waals surface area contributed by atoms with Crippen molar-refractivity contribution >= 4 is 27.4 Å². The summed E-state index contributed by atoms with van der Waals surface area (Å²) in [6.45, 7) is 6.23. The van der Waals surface area contributed by atoms with Gasteiger partial charge >= 0.3 is 0 Å². The fourth-order valence-electron chi connectivity index (χ4n) is 2.83. The van der Waals surface area contributed by atoms with Crippen LogP contribution in [0.3, 0.4) is 0 Å². The molecule has 0 aliphatic carbocycles. The molecule has 0 aromatic carbocycles. The fraction of sp³-hybridized carbons (Fsp3) is 0.600. The van der Waals surface area contributed by atoms with Gasteiger partial charge in [0.1, 0.15) is 0 Å². The SMILES string of the molecule is COC1CCN(c2nccc3c(Br)c(C(C)C)nn23)CC1. The van der Waals surface area contributed by atoms with E-state index in [0.29, 0.717) is 12.0 Å². The van der Waals surface area contributed by atoms with Crippen molar-refractivity contribution in [1.82, 2.24) is 14.6 Å². The van der Waals surface area contributed by atoms with Crippen LogP contribution in [-0.2, 0) is 4.74 Å². The molecule has 6 heteroatoms. The molecule has 2 aromatic rings. The van der Waals surface area contributed by atoms with Gasteiger partial charge in [-0.1, -0.05) is 13.8 Å². The van der Waals surface area contributed by atoms with E-state index in [2.05, 4.69) is 39.7 Å². The second-order valence-corrected chi connectivity index (χ2v) is 6.61. The topological polar surface area (TPSA) is 42.7 Å². The highest BCUT2D eigenvalue weighted by Gasteiger charge is 2.23. The minimum atomic E-state index is 0.371. The fourth-order valence-corrected chi connectivity index (χ4v) is 3.67. The molecule has 1 aliphatic heterocycles. The maximum atomic E-state index is 5.44. The van der Waals surface area contributed by atoms with Crippen LogP contribution < -0.4 is 4.90 Å². The maximum absolute atomic E-state index is 5.44. The van der Waals surface area contributed by atoms with Gasteiger partial charge in [0, 0.05) is 26.4 Å². The van der Waals surface area contributed by atoms with Crippen LogP contribution >= 0.6 is 15.9 Å². The summed E-state index contributed by atoms with van der Waals surface area (Å²) < 4.78 is 8.48. The molecule has 1 fully saturated rings. The molecule has 0 atom stereocenters. The van der Waals surface area contributed by atoms with Crippen molar-refractivity contribution in [3.8, 4) is 0 Å². The summed E-state index contributed by atoms with van der Waals surface area (Å²) in [5.41, 5.74) is 2.16. The van der Waals surface area contributed by atoms with Gasteiger partial charge < -0.3 is 9.64 Å². The molecule has 0 radical (unpaired) electrons. The van der Waals surface area contributed by atoms with E-state index in [1.54, 1.807) is 7.11 Å². The molecule has 0 unspecified atom stereocenters. The Morgan fingerprint density at radius 3 is 2.67 bits per heavy atom. The normalized spacial score (nSPS) is 17.1. The van der Waals surface area contributed by atoms with Gasteiger partial charge in [-0.3, -0.25) is 0 Å². The van der Waals surface area contributed by atoms with E-state index in [-0.39, 0.29) is 0 Å². The summed E-state index contributed by atoms with van der Waals surface area (Å²) in [4.78, 5) is 6.86. The number of hydrogen-bond acceptors (Lipinski definition) is 4. The number of ether oxygens (including phenoxy) is 1. The van der Waals surface area contributed by atoms with Gasteiger partial charge in [-0.15, -0.1) is 0 Å². The Bertz CT molecular complexity index is 632. The lowest BCUT2D eigenvalue weighted by atomic mass is 10.1. The highest BCUT2D eigenvalue weighted by molar-refractivity contribution is 9.10. The molecule has 0 saturated carbocycles. The molecule has 0 amide bonds. The summed E-state index contributed by atoms with van der Waals surface area (Å²) in [7, 11) is 1.79. The summed E-state index contributed by atoms with van der Waals surface area (Å²) in [5, 5.41) is 4.76. The Hall–Kier alpha value is -1.14. The Morgan fingerprint density at radius 1 is 1.33 bits per heavy atom. The van der Waals surface area contributed by atoms with E-state index in [0.717, 1.165) is 47.6 Å². The first-order valence-electron chi connectivity index (χ1n) is 7.42. The molecular weight excluding hydrogens is 332 g/mol. The Kier molecular flexibility index (Phi) is 4.17. The first kappa shape index (κ1) is 14.8. The number of piperidine rings is 1. The number of methoxy groups -OCH3 is 1. The van der Waals surface area contributed by atoms with Gasteiger partial charge in [-0.25, -0.2) is 4.98 Å². The zero-order valence-electron chi connectivity index (χ0n) is 12.7. The van der Waals surface area contributed by atoms with Gasteiger partial charge in [0.05, 0.1) is 21.8 Å². The molecule has 5 nitrogen and oxygen atoms in total. The average Bonchev–Trinajstić information content (AvgIpc) is 2.85. The van der Waals surface area contributed by atoms with Crippen LogP contribution in [0.5, 0.6) is 0 Å². The van der Waals surface area contributed by atoms with Gasteiger partial charge in [0.25, 0.3) is 0 Å². The highest BCUT2D eigenvalue weighted by Crippen LogP contribution is 2.30. The number of nitrogens with zero attached hydrogens (tertiary/aromatic N) is 4. The molecule has 1 aliphatic rings. The number of fused-ring (bicyclic) bond motifs is 1. The minimum Gasteiger partial charge on any atom is -0.381 e. The van der Waals surface area contributed by atoms with Crippen molar-refractivity contribution in [3.63, 3.8) is 0 Å². The van der Waals surface area contributed by atoms with Gasteiger partial charge in [0.15, 0.2) is 0 Å². The third kappa shape index (κ3) is 2.66. The van der Waals surface area contributed by atoms with Gasteiger partial charge in [0.2, 0.25) is 5.95 Å². The van der Waals surface area contributed by atoms with Gasteiger partial charge in [-0.2, -0.15) is 9.61 Å². The summed E-state index contributed by atoms with van der Waals surface area (Å²) in [6.07, 6.45) is 4.31. The van der Waals surface area contributed by atoms with Crippen molar-refractivity contribution in [3.05, 3.63) is 22.4 Å². The molecule has 1 saturated heterocycles. The van der Waals surface area contributed by atoms with E-state index >= 15 is 0 Å². The Morgan fingerprint density at radius 2 is 2.05 bits per heavy atom. The largest absolute Gasteiger partial charge is 0.381 e. The Labute approximate surface area is 133 Å². The molecule has 114 valence electrons. The standard InChI is InChI=1S/C15H21BrN4O/c1-10(2)14-13(16)12-4-7-17-15(20(12)18-14)19-8-5-11(21-3)6-9-19/h4,7,10-11H,5-6,8-9H2,1-3H3. The highest BCUT2D eigenvalue weighted by atomic mass is 79.9. The van der Waals surface area contributed by atoms with E-state index in [1.165, 1.54) is 0 Å². The Balaban J connectivity index is 1.98. The van der Waals surface area contributed by atoms with Crippen LogP contribution in [0.1, 0.15) is 38.3 Å². The predicted molar refractivity (Wildman–Crippen MR) is 87.0 cm³/mol. The molecule has 0 spiro atoms. The third-order valence-corrected chi connectivity index (χ3v) is 4.92. The van der Waals surface area contributed by atoms with Crippen molar-refractivity contribution < 1.29 is 4.74 Å². The number of hydrogen-bond donors (Lipinski definition) is 0. The quantitative estimate of drug-likeness (QED) is 0.850. The number of halogens is 1. The van der Waals surface area contributed by atoms with Gasteiger partial charge in [-0.05, 0) is 40.8 Å². The number of rotatable bonds is 3. The second kappa shape index (κ2) is 5.93. The molecule has 21 heavy (non-hydrogen) atoms. The second-order valence-electron chi connectivity index (χ2n) is 5.82. The summed E-state index contributed by atoms with van der Waals surface area (Å²) in [5.74, 6) is 1.31. The van der Waals surface area contributed by atoms with E-state index in [1.807, 2.05) is 16.8 Å². The molecule has 2 aromatic heterocycles. The number of aromatic nitrogens is 3. The van der Waals surface area contributed by atoms with Crippen LogP contribution in [0.4, 0.5) is 5.95 Å². The van der Waals surface area contributed by atoms with Crippen molar-refractivity contribution in [2.45, 2.75) is 38.7 Å². The third-order valence-electron chi connectivity index (χ3n) is 4.10. The average molecular weight is 353 g/mol. The van der Waals surface area contributed by atoms with Crippen LogP contribution in [0.2, 0.25) is 0 Å². The molecule has 0 bridgehead atoms. The van der Waals surface area contributed by atoms with Crippen molar-refractivity contribution in [1.29, 1.82) is 0 Å². The monoisotopic (exact) mass is 352 g/mol. The lowest BCUT2D eigenvalue weighted by Crippen LogP contribution is -2.38. The summed E-state index contributed by atoms with van der Waals surface area (Å²) >= 11 is 3.68. The first-order chi connectivity index (χ1) is 10.1. The minimum absolute atomic E-state index is 0.371. The molecule has 0 N–H and O–H groups in total. The predicted octanol–water partition coefficient (Wildman–Crippen LogP) is 3.23. The maximum Gasteiger partial charge on any atom is 0.227 e. The van der Waals surface area contributed by atoms with Crippen LogP contribution in [0, 0.1) is 0 Å². The van der Waals surface area contributed by atoms with Crippen molar-refractivity contribution in [2.24, 2.45) is 0 Å². The molecular formula is C15H21BrN4O. The van der Waals surface area contributed by atoms with Crippen LogP contribution in [-0.4, -0.2) is 40.9 Å². The number of anilines is 1. The van der Waals surface area contributed by atoms with E-state index in [4.69, 9.17) is 9.84 Å². The zero-order chi connectivity index (χ0) is 15.0. The zero-order valence-corrected chi connectivity index (χ0v) is 14.3. The molecule has 3 rings (SSSR count). The summed E-state index contributed by atoms with van der Waals surface area (Å²) in [6, 6.07) is 2.01. The smallest absolute Gasteiger partial charge is 0.227 e. The first-order valence-corrected chi connectivity index (χ1v) is 8.22. The lowest BCUT2D eigenvalue weighted by Gasteiger charge is -2.31. The lowest BCUT2D eigenvalue weighted by molar-refractivity contribution is 0.0816. The van der Waals surface area contributed by atoms with E-state index < -0.39 is 0 Å².